The van der Waals surface area contributed by atoms with Gasteiger partial charge in [-0.1, -0.05) is 28.1 Å². The van der Waals surface area contributed by atoms with Crippen LogP contribution < -0.4 is 0 Å². The van der Waals surface area contributed by atoms with Crippen LogP contribution in [0, 0.1) is 15.9 Å². The number of alkyl halides is 1. The van der Waals surface area contributed by atoms with Crippen molar-refractivity contribution in [3.63, 3.8) is 0 Å². The maximum absolute atomic E-state index is 12.8. The number of aryl methyl sites for hydroxylation is 1. The Balaban J connectivity index is 2.47. The van der Waals surface area contributed by atoms with Crippen molar-refractivity contribution in [1.82, 2.24) is 4.57 Å². The van der Waals surface area contributed by atoms with Crippen molar-refractivity contribution in [2.24, 2.45) is 0 Å². The molecule has 1 aromatic carbocycles. The fraction of sp³-hybridized carbons (Fsp3) is 0.167. The molecular formula is C12H10BrFN2O2. The van der Waals surface area contributed by atoms with Crippen LogP contribution >= 0.6 is 15.9 Å². The van der Waals surface area contributed by atoms with Crippen LogP contribution in [0.15, 0.2) is 36.7 Å². The Bertz CT molecular complexity index is 566. The lowest BCUT2D eigenvalue weighted by molar-refractivity contribution is -0.384. The molecule has 0 N–H and O–H groups in total. The van der Waals surface area contributed by atoms with E-state index in [0.717, 1.165) is 0 Å². The average Bonchev–Trinajstić information content (AvgIpc) is 2.75. The van der Waals surface area contributed by atoms with Crippen LogP contribution in [0.5, 0.6) is 0 Å². The van der Waals surface area contributed by atoms with E-state index >= 15 is 0 Å². The summed E-state index contributed by atoms with van der Waals surface area (Å²) in [6.45, 7) is 0.641. The van der Waals surface area contributed by atoms with Crippen molar-refractivity contribution in [3.8, 4) is 11.1 Å². The van der Waals surface area contributed by atoms with Crippen molar-refractivity contribution >= 4 is 21.6 Å². The third-order valence-electron chi connectivity index (χ3n) is 2.55. The summed E-state index contributed by atoms with van der Waals surface area (Å²) in [6, 6.07) is 5.66. The number of aromatic nitrogens is 1. The Morgan fingerprint density at radius 3 is 2.50 bits per heavy atom. The minimum absolute atomic E-state index is 0.0301. The van der Waals surface area contributed by atoms with E-state index < -0.39 is 4.92 Å². The number of nitrogens with zero attached hydrogens (tertiary/aromatic N) is 2. The third-order valence-corrected chi connectivity index (χ3v) is 2.91. The van der Waals surface area contributed by atoms with Gasteiger partial charge in [-0.05, 0) is 17.7 Å². The molecule has 0 aliphatic carbocycles. The molecule has 1 heterocycles. The van der Waals surface area contributed by atoms with Crippen molar-refractivity contribution in [2.75, 3.05) is 5.33 Å². The standard InChI is InChI=1S/C12H10BrFN2O2/c13-5-6-15-7-11(12(8-15)16(17)18)9-1-3-10(14)4-2-9/h1-4,7-8H,5-6H2. The zero-order chi connectivity index (χ0) is 13.1. The van der Waals surface area contributed by atoms with E-state index in [4.69, 9.17) is 0 Å². The van der Waals surface area contributed by atoms with Crippen molar-refractivity contribution in [1.29, 1.82) is 0 Å². The Labute approximate surface area is 111 Å². The lowest BCUT2D eigenvalue weighted by Gasteiger charge is -1.98. The monoisotopic (exact) mass is 312 g/mol. The number of halogens is 2. The Hall–Kier alpha value is -1.69. The van der Waals surface area contributed by atoms with Gasteiger partial charge in [0.25, 0.3) is 5.69 Å². The Morgan fingerprint density at radius 1 is 1.28 bits per heavy atom. The maximum atomic E-state index is 12.8. The molecule has 0 amide bonds. The van der Waals surface area contributed by atoms with Crippen molar-refractivity contribution in [3.05, 3.63) is 52.6 Å². The molecule has 94 valence electrons. The van der Waals surface area contributed by atoms with E-state index in [0.29, 0.717) is 23.0 Å². The lowest BCUT2D eigenvalue weighted by Crippen LogP contribution is -1.94. The minimum atomic E-state index is -0.427. The second-order valence-electron chi connectivity index (χ2n) is 3.75. The molecule has 0 aliphatic rings. The van der Waals surface area contributed by atoms with Crippen LogP contribution in [-0.2, 0) is 6.54 Å². The van der Waals surface area contributed by atoms with Crippen LogP contribution in [-0.4, -0.2) is 14.8 Å². The summed E-state index contributed by atoms with van der Waals surface area (Å²) in [6.07, 6.45) is 3.19. The van der Waals surface area contributed by atoms with Gasteiger partial charge in [-0.2, -0.15) is 0 Å². The molecule has 0 unspecified atom stereocenters. The molecule has 2 rings (SSSR count). The topological polar surface area (TPSA) is 48.1 Å². The van der Waals surface area contributed by atoms with E-state index in [2.05, 4.69) is 15.9 Å². The zero-order valence-electron chi connectivity index (χ0n) is 9.35. The van der Waals surface area contributed by atoms with Crippen molar-refractivity contribution in [2.45, 2.75) is 6.54 Å². The van der Waals surface area contributed by atoms with Gasteiger partial charge in [0, 0.05) is 18.1 Å². The zero-order valence-corrected chi connectivity index (χ0v) is 10.9. The predicted molar refractivity (Wildman–Crippen MR) is 70.3 cm³/mol. The molecule has 0 atom stereocenters. The Kier molecular flexibility index (Phi) is 3.76. The van der Waals surface area contributed by atoms with Crippen LogP contribution in [0.2, 0.25) is 0 Å². The first-order valence-electron chi connectivity index (χ1n) is 5.28. The lowest BCUT2D eigenvalue weighted by atomic mass is 10.1. The summed E-state index contributed by atoms with van der Waals surface area (Å²) in [5.74, 6) is -0.360. The molecule has 1 aromatic heterocycles. The number of hydrogen-bond acceptors (Lipinski definition) is 2. The normalized spacial score (nSPS) is 10.6. The van der Waals surface area contributed by atoms with Gasteiger partial charge in [0.05, 0.1) is 16.7 Å². The molecular weight excluding hydrogens is 303 g/mol. The summed E-state index contributed by atoms with van der Waals surface area (Å²) in [4.78, 5) is 10.6. The first-order chi connectivity index (χ1) is 8.61. The molecule has 18 heavy (non-hydrogen) atoms. The smallest absolute Gasteiger partial charge is 0.294 e. The van der Waals surface area contributed by atoms with Gasteiger partial charge in [0.15, 0.2) is 0 Å². The van der Waals surface area contributed by atoms with E-state index in [-0.39, 0.29) is 11.5 Å². The van der Waals surface area contributed by atoms with Gasteiger partial charge in [-0.25, -0.2) is 4.39 Å². The van der Waals surface area contributed by atoms with Gasteiger partial charge in [-0.15, -0.1) is 0 Å². The molecule has 2 aromatic rings. The fourth-order valence-electron chi connectivity index (χ4n) is 1.72. The molecule has 0 fully saturated rings. The second-order valence-corrected chi connectivity index (χ2v) is 4.54. The van der Waals surface area contributed by atoms with E-state index in [9.17, 15) is 14.5 Å². The highest BCUT2D eigenvalue weighted by Crippen LogP contribution is 2.30. The average molecular weight is 313 g/mol. The summed E-state index contributed by atoms with van der Waals surface area (Å²) in [5.41, 5.74) is 1.17. The predicted octanol–water partition coefficient (Wildman–Crippen LogP) is 3.60. The maximum Gasteiger partial charge on any atom is 0.294 e. The molecule has 0 radical (unpaired) electrons. The second kappa shape index (κ2) is 5.30. The van der Waals surface area contributed by atoms with Gasteiger partial charge in [-0.3, -0.25) is 10.1 Å². The Morgan fingerprint density at radius 2 is 1.94 bits per heavy atom. The van der Waals surface area contributed by atoms with Gasteiger partial charge < -0.3 is 4.57 Å². The first-order valence-corrected chi connectivity index (χ1v) is 6.40. The quantitative estimate of drug-likeness (QED) is 0.492. The van der Waals surface area contributed by atoms with Crippen LogP contribution in [0.3, 0.4) is 0 Å². The summed E-state index contributed by atoms with van der Waals surface area (Å²) in [5, 5.41) is 11.7. The largest absolute Gasteiger partial charge is 0.347 e. The number of rotatable bonds is 4. The minimum Gasteiger partial charge on any atom is -0.347 e. The number of benzene rings is 1. The first kappa shape index (κ1) is 12.8. The number of nitro groups is 1. The molecule has 0 saturated heterocycles. The highest BCUT2D eigenvalue weighted by Gasteiger charge is 2.18. The molecule has 6 heteroatoms. The van der Waals surface area contributed by atoms with E-state index in [1.54, 1.807) is 10.8 Å². The number of hydrogen-bond donors (Lipinski definition) is 0. The molecule has 0 bridgehead atoms. The summed E-state index contributed by atoms with van der Waals surface area (Å²) < 4.78 is 14.6. The molecule has 0 aliphatic heterocycles. The third kappa shape index (κ3) is 2.59. The van der Waals surface area contributed by atoms with Gasteiger partial charge in [0.2, 0.25) is 0 Å². The molecule has 0 saturated carbocycles. The fourth-order valence-corrected chi connectivity index (χ4v) is 2.13. The highest BCUT2D eigenvalue weighted by atomic mass is 79.9. The summed E-state index contributed by atoms with van der Waals surface area (Å²) in [7, 11) is 0. The van der Waals surface area contributed by atoms with Crippen molar-refractivity contribution < 1.29 is 9.31 Å². The van der Waals surface area contributed by atoms with Crippen LogP contribution in [0.4, 0.5) is 10.1 Å². The van der Waals surface area contributed by atoms with E-state index in [1.807, 2.05) is 0 Å². The molecule has 0 spiro atoms. The van der Waals surface area contributed by atoms with Crippen LogP contribution in [0.1, 0.15) is 0 Å². The van der Waals surface area contributed by atoms with E-state index in [1.165, 1.54) is 30.5 Å². The SMILES string of the molecule is O=[N+]([O-])c1cn(CCBr)cc1-c1ccc(F)cc1. The van der Waals surface area contributed by atoms with Gasteiger partial charge >= 0.3 is 0 Å². The molecule has 4 nitrogen and oxygen atoms in total. The van der Waals surface area contributed by atoms with Crippen LogP contribution in [0.25, 0.3) is 11.1 Å². The summed E-state index contributed by atoms with van der Waals surface area (Å²) >= 11 is 3.28. The van der Waals surface area contributed by atoms with Gasteiger partial charge in [0.1, 0.15) is 5.82 Å². The highest BCUT2D eigenvalue weighted by molar-refractivity contribution is 9.09.